The Kier molecular flexibility index (Phi) is 3.66. The lowest BCUT2D eigenvalue weighted by atomic mass is 10.1. The normalized spacial score (nSPS) is 11.5. The molecule has 0 aliphatic rings. The van der Waals surface area contributed by atoms with Crippen LogP contribution in [-0.2, 0) is 9.53 Å². The first-order valence-corrected chi connectivity index (χ1v) is 5.88. The van der Waals surface area contributed by atoms with Gasteiger partial charge in [-0.2, -0.15) is 0 Å². The standard InChI is InChI=1S/C14H14N2O3/c1-2-19-14(18)11(15)7-13(17)10-8-16-12-6-4-3-5-9(10)12/h3-8,16H,2,15H2,1H3/b11-7-. The zero-order valence-corrected chi connectivity index (χ0v) is 10.5. The topological polar surface area (TPSA) is 85.2 Å². The maximum Gasteiger partial charge on any atom is 0.354 e. The van der Waals surface area contributed by atoms with Crippen LogP contribution in [-0.4, -0.2) is 23.3 Å². The maximum absolute atomic E-state index is 12.1. The van der Waals surface area contributed by atoms with E-state index in [0.29, 0.717) is 5.56 Å². The van der Waals surface area contributed by atoms with E-state index in [4.69, 9.17) is 10.5 Å². The van der Waals surface area contributed by atoms with E-state index in [2.05, 4.69) is 4.98 Å². The molecule has 0 bridgehead atoms. The molecule has 3 N–H and O–H groups in total. The van der Waals surface area contributed by atoms with Gasteiger partial charge in [0, 0.05) is 28.7 Å². The van der Waals surface area contributed by atoms with Gasteiger partial charge >= 0.3 is 5.97 Å². The van der Waals surface area contributed by atoms with Gasteiger partial charge in [0.2, 0.25) is 0 Å². The number of esters is 1. The van der Waals surface area contributed by atoms with Gasteiger partial charge in [0.05, 0.1) is 6.61 Å². The summed E-state index contributed by atoms with van der Waals surface area (Å²) >= 11 is 0. The maximum atomic E-state index is 12.1. The first-order chi connectivity index (χ1) is 9.13. The number of carbonyl (C=O) groups excluding carboxylic acids is 2. The van der Waals surface area contributed by atoms with Gasteiger partial charge in [0.15, 0.2) is 5.78 Å². The molecule has 0 aliphatic carbocycles. The fourth-order valence-electron chi connectivity index (χ4n) is 1.77. The minimum absolute atomic E-state index is 0.197. The number of para-hydroxylation sites is 1. The van der Waals surface area contributed by atoms with Crippen LogP contribution in [0.3, 0.4) is 0 Å². The molecule has 0 amide bonds. The Hall–Kier alpha value is -2.56. The molecular formula is C14H14N2O3. The zero-order chi connectivity index (χ0) is 13.8. The summed E-state index contributed by atoms with van der Waals surface area (Å²) in [7, 11) is 0. The van der Waals surface area contributed by atoms with Crippen molar-refractivity contribution in [1.29, 1.82) is 0 Å². The number of ketones is 1. The molecule has 0 saturated carbocycles. The van der Waals surface area contributed by atoms with E-state index in [0.717, 1.165) is 17.0 Å². The minimum atomic E-state index is -0.685. The van der Waals surface area contributed by atoms with Crippen molar-refractivity contribution in [2.24, 2.45) is 5.73 Å². The van der Waals surface area contributed by atoms with Crippen molar-refractivity contribution in [3.8, 4) is 0 Å². The van der Waals surface area contributed by atoms with Crippen LogP contribution in [0.15, 0.2) is 42.2 Å². The Labute approximate surface area is 110 Å². The lowest BCUT2D eigenvalue weighted by Gasteiger charge is -2.00. The van der Waals surface area contributed by atoms with Crippen LogP contribution in [0.5, 0.6) is 0 Å². The molecule has 2 aromatic rings. The third-order valence-electron chi connectivity index (χ3n) is 2.65. The molecule has 19 heavy (non-hydrogen) atoms. The van der Waals surface area contributed by atoms with E-state index in [1.807, 2.05) is 24.3 Å². The number of H-pyrrole nitrogens is 1. The molecule has 5 heteroatoms. The minimum Gasteiger partial charge on any atom is -0.461 e. The second-order valence-corrected chi connectivity index (χ2v) is 3.93. The summed E-state index contributed by atoms with van der Waals surface area (Å²) in [6, 6.07) is 7.40. The molecule has 0 saturated heterocycles. The Morgan fingerprint density at radius 1 is 1.37 bits per heavy atom. The van der Waals surface area contributed by atoms with Crippen molar-refractivity contribution in [2.45, 2.75) is 6.92 Å². The van der Waals surface area contributed by atoms with E-state index in [9.17, 15) is 9.59 Å². The highest BCUT2D eigenvalue weighted by Crippen LogP contribution is 2.18. The number of carbonyl (C=O) groups is 2. The van der Waals surface area contributed by atoms with E-state index in [1.54, 1.807) is 13.1 Å². The van der Waals surface area contributed by atoms with E-state index >= 15 is 0 Å². The van der Waals surface area contributed by atoms with Crippen LogP contribution in [0.1, 0.15) is 17.3 Å². The third-order valence-corrected chi connectivity index (χ3v) is 2.65. The SMILES string of the molecule is CCOC(=O)/C(N)=C/C(=O)c1c[nH]c2ccccc12. The highest BCUT2D eigenvalue weighted by atomic mass is 16.5. The highest BCUT2D eigenvalue weighted by molar-refractivity contribution is 6.15. The second-order valence-electron chi connectivity index (χ2n) is 3.93. The van der Waals surface area contributed by atoms with Gasteiger partial charge in [0.25, 0.3) is 0 Å². The quantitative estimate of drug-likeness (QED) is 0.497. The first-order valence-electron chi connectivity index (χ1n) is 5.88. The molecule has 0 spiro atoms. The summed E-state index contributed by atoms with van der Waals surface area (Å²) in [5.74, 6) is -1.02. The van der Waals surface area contributed by atoms with Crippen molar-refractivity contribution in [2.75, 3.05) is 6.61 Å². The lowest BCUT2D eigenvalue weighted by molar-refractivity contribution is -0.138. The largest absolute Gasteiger partial charge is 0.461 e. The van der Waals surface area contributed by atoms with Gasteiger partial charge in [-0.1, -0.05) is 18.2 Å². The molecule has 0 unspecified atom stereocenters. The van der Waals surface area contributed by atoms with E-state index in [-0.39, 0.29) is 18.1 Å². The molecule has 1 aromatic carbocycles. The van der Waals surface area contributed by atoms with Crippen LogP contribution < -0.4 is 5.73 Å². The summed E-state index contributed by atoms with van der Waals surface area (Å²) in [5, 5.41) is 0.792. The molecule has 98 valence electrons. The summed E-state index contributed by atoms with van der Waals surface area (Å²) < 4.78 is 4.72. The molecular weight excluding hydrogens is 244 g/mol. The van der Waals surface area contributed by atoms with E-state index in [1.165, 1.54) is 0 Å². The Morgan fingerprint density at radius 3 is 2.84 bits per heavy atom. The average molecular weight is 258 g/mol. The van der Waals surface area contributed by atoms with Gasteiger partial charge < -0.3 is 15.5 Å². The van der Waals surface area contributed by atoms with Crippen LogP contribution in [0, 0.1) is 0 Å². The number of nitrogens with two attached hydrogens (primary N) is 1. The fourth-order valence-corrected chi connectivity index (χ4v) is 1.77. The molecule has 0 fully saturated rings. The number of aromatic nitrogens is 1. The molecule has 0 atom stereocenters. The second kappa shape index (κ2) is 5.39. The monoisotopic (exact) mass is 258 g/mol. The number of hydrogen-bond acceptors (Lipinski definition) is 4. The number of ether oxygens (including phenoxy) is 1. The van der Waals surface area contributed by atoms with Crippen molar-refractivity contribution < 1.29 is 14.3 Å². The summed E-state index contributed by atoms with van der Waals surface area (Å²) in [6.07, 6.45) is 2.69. The van der Waals surface area contributed by atoms with E-state index < -0.39 is 5.97 Å². The third kappa shape index (κ3) is 2.65. The van der Waals surface area contributed by atoms with Crippen molar-refractivity contribution >= 4 is 22.7 Å². The zero-order valence-electron chi connectivity index (χ0n) is 10.5. The van der Waals surface area contributed by atoms with Gasteiger partial charge in [-0.15, -0.1) is 0 Å². The smallest absolute Gasteiger partial charge is 0.354 e. The number of nitrogens with one attached hydrogen (secondary N) is 1. The van der Waals surface area contributed by atoms with Gasteiger partial charge in [-0.3, -0.25) is 4.79 Å². The Balaban J connectivity index is 2.30. The lowest BCUT2D eigenvalue weighted by Crippen LogP contribution is -2.16. The molecule has 0 aliphatic heterocycles. The molecule has 0 radical (unpaired) electrons. The van der Waals surface area contributed by atoms with Crippen molar-refractivity contribution in [3.63, 3.8) is 0 Å². The average Bonchev–Trinajstić information content (AvgIpc) is 2.82. The molecule has 1 heterocycles. The van der Waals surface area contributed by atoms with Gasteiger partial charge in [0.1, 0.15) is 5.70 Å². The van der Waals surface area contributed by atoms with Crippen LogP contribution in [0.2, 0.25) is 0 Å². The number of aromatic amines is 1. The summed E-state index contributed by atoms with van der Waals surface area (Å²) in [6.45, 7) is 1.89. The van der Waals surface area contributed by atoms with Crippen LogP contribution in [0.4, 0.5) is 0 Å². The summed E-state index contributed by atoms with van der Waals surface area (Å²) in [4.78, 5) is 26.4. The fraction of sp³-hybridized carbons (Fsp3) is 0.143. The molecule has 5 nitrogen and oxygen atoms in total. The predicted molar refractivity (Wildman–Crippen MR) is 71.5 cm³/mol. The molecule has 1 aromatic heterocycles. The van der Waals surface area contributed by atoms with Gasteiger partial charge in [-0.05, 0) is 13.0 Å². The van der Waals surface area contributed by atoms with Crippen molar-refractivity contribution in [3.05, 3.63) is 47.8 Å². The first kappa shape index (κ1) is 12.9. The number of fused-ring (bicyclic) bond motifs is 1. The van der Waals surface area contributed by atoms with Crippen molar-refractivity contribution in [1.82, 2.24) is 4.98 Å². The van der Waals surface area contributed by atoms with Gasteiger partial charge in [-0.25, -0.2) is 4.79 Å². The number of allylic oxidation sites excluding steroid dienone is 1. The number of hydrogen-bond donors (Lipinski definition) is 2. The van der Waals surface area contributed by atoms with Crippen LogP contribution >= 0.6 is 0 Å². The number of rotatable bonds is 4. The highest BCUT2D eigenvalue weighted by Gasteiger charge is 2.13. The predicted octanol–water partition coefficient (Wildman–Crippen LogP) is 1.76. The Bertz CT molecular complexity index is 656. The van der Waals surface area contributed by atoms with Crippen LogP contribution in [0.25, 0.3) is 10.9 Å². The summed E-state index contributed by atoms with van der Waals surface area (Å²) in [5.41, 5.74) is 6.64. The molecule has 2 rings (SSSR count). The Morgan fingerprint density at radius 2 is 2.11 bits per heavy atom. The number of benzene rings is 1.